The smallest absolute Gasteiger partial charge is 0 e. The van der Waals surface area contributed by atoms with Gasteiger partial charge in [0.05, 0.1) is 0 Å². The van der Waals surface area contributed by atoms with Gasteiger partial charge >= 0.3 is 0 Å². The molecule has 0 bridgehead atoms. The van der Waals surface area contributed by atoms with Gasteiger partial charge in [0, 0.05) is 65.4 Å². The van der Waals surface area contributed by atoms with E-state index in [1.165, 1.54) is 16.7 Å². The van der Waals surface area contributed by atoms with Gasteiger partial charge < -0.3 is 25.1 Å². The van der Waals surface area contributed by atoms with Crippen molar-refractivity contribution in [3.63, 3.8) is 0 Å². The van der Waals surface area contributed by atoms with Crippen LogP contribution in [0, 0.1) is 39.5 Å². The molecule has 0 aliphatic rings. The molecule has 0 aromatic heterocycles. The quantitative estimate of drug-likeness (QED) is 0.642. The fraction of sp³-hybridized carbons (Fsp3) is 0.167. The molecular weight excluding hydrogens is 394 g/mol. The Morgan fingerprint density at radius 3 is 1.90 bits per heavy atom. The summed E-state index contributed by atoms with van der Waals surface area (Å²) in [5.74, 6) is 0. The molecule has 0 aliphatic carbocycles. The summed E-state index contributed by atoms with van der Waals surface area (Å²) in [6, 6.07) is 18.1. The van der Waals surface area contributed by atoms with E-state index in [0.717, 1.165) is 12.0 Å². The van der Waals surface area contributed by atoms with Crippen molar-refractivity contribution < 1.29 is 65.4 Å². The van der Waals surface area contributed by atoms with Gasteiger partial charge in [0.15, 0.2) is 0 Å². The number of aryl methyl sites for hydroxylation is 2. The summed E-state index contributed by atoms with van der Waals surface area (Å²) in [4.78, 5) is 0. The predicted molar refractivity (Wildman–Crippen MR) is 77.9 cm³/mol. The van der Waals surface area contributed by atoms with E-state index in [1.54, 1.807) is 6.08 Å². The van der Waals surface area contributed by atoms with Crippen LogP contribution in [0.1, 0.15) is 22.3 Å². The standard InChI is InChI=1S/C9H10.C9H8.2Y/c2*1-3-9-6-4-8(2)5-7-9;;/h4-6H,1,3H2,2H3;1,3-6H,2H3;;/q2*-2;;. The van der Waals surface area contributed by atoms with Crippen LogP contribution in [-0.4, -0.2) is 0 Å². The average molecular weight is 412 g/mol. The van der Waals surface area contributed by atoms with Gasteiger partial charge in [0.2, 0.25) is 0 Å². The van der Waals surface area contributed by atoms with Gasteiger partial charge in [-0.3, -0.25) is 0 Å². The van der Waals surface area contributed by atoms with Crippen molar-refractivity contribution in [1.82, 2.24) is 0 Å². The largest absolute Gasteiger partial charge is 0.344 e. The van der Waals surface area contributed by atoms with Crippen LogP contribution in [0.4, 0.5) is 0 Å². The SMILES string of the molecule is [CH-]=Cc1[c-]cc(C)cc1.[CH2-]Cc1[c-]cc(C)cc1.[Y].[Y]. The van der Waals surface area contributed by atoms with E-state index in [4.69, 9.17) is 6.58 Å². The zero-order valence-electron chi connectivity index (χ0n) is 12.2. The van der Waals surface area contributed by atoms with E-state index < -0.39 is 0 Å². The summed E-state index contributed by atoms with van der Waals surface area (Å²) < 4.78 is 0. The second-order valence-electron chi connectivity index (χ2n) is 4.13. The minimum Gasteiger partial charge on any atom is -0.344 e. The summed E-state index contributed by atoms with van der Waals surface area (Å²) in [5.41, 5.74) is 4.59. The Hall–Kier alpha value is 0.388. The van der Waals surface area contributed by atoms with Crippen LogP contribution in [-0.2, 0) is 71.8 Å². The second-order valence-corrected chi connectivity index (χ2v) is 4.13. The molecule has 0 amide bonds. The molecule has 2 rings (SSSR count). The molecule has 0 spiro atoms. The Bertz CT molecular complexity index is 470. The van der Waals surface area contributed by atoms with E-state index in [2.05, 4.69) is 38.1 Å². The van der Waals surface area contributed by atoms with Gasteiger partial charge in [0.1, 0.15) is 0 Å². The number of hydrogen-bond acceptors (Lipinski definition) is 0. The molecule has 0 unspecified atom stereocenters. The Kier molecular flexibility index (Phi) is 14.8. The minimum atomic E-state index is 0. The van der Waals surface area contributed by atoms with Crippen LogP contribution in [0.3, 0.4) is 0 Å². The van der Waals surface area contributed by atoms with Crippen LogP contribution >= 0.6 is 0 Å². The third-order valence-electron chi connectivity index (χ3n) is 2.47. The average Bonchev–Trinajstić information content (AvgIpc) is 2.41. The van der Waals surface area contributed by atoms with Crippen molar-refractivity contribution in [2.24, 2.45) is 0 Å². The van der Waals surface area contributed by atoms with Crippen molar-refractivity contribution in [2.45, 2.75) is 20.3 Å². The van der Waals surface area contributed by atoms with Crippen LogP contribution < -0.4 is 0 Å². The van der Waals surface area contributed by atoms with Gasteiger partial charge in [-0.05, 0) is 0 Å². The first-order valence-corrected chi connectivity index (χ1v) is 5.95. The van der Waals surface area contributed by atoms with Gasteiger partial charge in [-0.1, -0.05) is 13.8 Å². The third-order valence-corrected chi connectivity index (χ3v) is 2.47. The maximum absolute atomic E-state index is 5.24. The molecule has 0 heterocycles. The Labute approximate surface area is 174 Å². The maximum atomic E-state index is 5.24. The first-order chi connectivity index (χ1) is 8.65. The Balaban J connectivity index is 0. The number of hydrogen-bond donors (Lipinski definition) is 0. The normalized spacial score (nSPS) is 8.35. The second kappa shape index (κ2) is 13.1. The third kappa shape index (κ3) is 9.35. The van der Waals surface area contributed by atoms with Crippen molar-refractivity contribution in [3.05, 3.63) is 84.3 Å². The van der Waals surface area contributed by atoms with E-state index in [1.807, 2.05) is 31.2 Å². The van der Waals surface area contributed by atoms with Crippen molar-refractivity contribution in [3.8, 4) is 0 Å². The summed E-state index contributed by atoms with van der Waals surface area (Å²) in [5, 5.41) is 0. The van der Waals surface area contributed by atoms with Crippen LogP contribution in [0.25, 0.3) is 6.08 Å². The van der Waals surface area contributed by atoms with Crippen LogP contribution in [0.2, 0.25) is 0 Å². The summed E-state index contributed by atoms with van der Waals surface area (Å²) >= 11 is 0. The van der Waals surface area contributed by atoms with Crippen LogP contribution in [0.5, 0.6) is 0 Å². The first kappa shape index (κ1) is 22.7. The molecule has 2 heteroatoms. The molecule has 0 fully saturated rings. The Morgan fingerprint density at radius 1 is 1.00 bits per heavy atom. The summed E-state index contributed by atoms with van der Waals surface area (Å²) in [7, 11) is 0. The number of benzene rings is 2. The summed E-state index contributed by atoms with van der Waals surface area (Å²) in [6.45, 7) is 13.1. The maximum Gasteiger partial charge on any atom is 0 e. The van der Waals surface area contributed by atoms with E-state index in [-0.39, 0.29) is 65.4 Å². The van der Waals surface area contributed by atoms with E-state index >= 15 is 0 Å². The van der Waals surface area contributed by atoms with Crippen molar-refractivity contribution in [2.75, 3.05) is 0 Å². The fourth-order valence-electron chi connectivity index (χ4n) is 1.31. The molecule has 100 valence electrons. The Morgan fingerprint density at radius 2 is 1.55 bits per heavy atom. The molecule has 2 aromatic carbocycles. The predicted octanol–water partition coefficient (Wildman–Crippen LogP) is 4.41. The van der Waals surface area contributed by atoms with Gasteiger partial charge in [-0.2, -0.15) is 53.9 Å². The molecule has 0 nitrogen and oxygen atoms in total. The molecule has 2 radical (unpaired) electrons. The molecular formula is C18H18Y2-4. The zero-order valence-corrected chi connectivity index (χ0v) is 17.9. The van der Waals surface area contributed by atoms with Crippen molar-refractivity contribution in [1.29, 1.82) is 0 Å². The molecule has 0 saturated carbocycles. The van der Waals surface area contributed by atoms with E-state index in [0.29, 0.717) is 0 Å². The molecule has 0 atom stereocenters. The molecule has 20 heavy (non-hydrogen) atoms. The summed E-state index contributed by atoms with van der Waals surface area (Å²) in [6.07, 6.45) is 2.37. The number of rotatable bonds is 2. The molecule has 2 aromatic rings. The fourth-order valence-corrected chi connectivity index (χ4v) is 1.31. The molecule has 0 saturated heterocycles. The zero-order chi connectivity index (χ0) is 13.4. The van der Waals surface area contributed by atoms with Gasteiger partial charge in [-0.25, -0.2) is 12.1 Å². The van der Waals surface area contributed by atoms with Gasteiger partial charge in [-0.15, -0.1) is 5.56 Å². The van der Waals surface area contributed by atoms with Crippen LogP contribution in [0.15, 0.2) is 36.4 Å². The van der Waals surface area contributed by atoms with Gasteiger partial charge in [0.25, 0.3) is 0 Å². The molecule has 0 aliphatic heterocycles. The first-order valence-electron chi connectivity index (χ1n) is 5.95. The molecule has 0 N–H and O–H groups in total. The monoisotopic (exact) mass is 412 g/mol. The van der Waals surface area contributed by atoms with E-state index in [9.17, 15) is 0 Å². The van der Waals surface area contributed by atoms with Crippen molar-refractivity contribution >= 4 is 6.08 Å². The topological polar surface area (TPSA) is 0 Å². The minimum absolute atomic E-state index is 0.